The van der Waals surface area contributed by atoms with E-state index in [2.05, 4.69) is 30.9 Å². The average molecular weight is 513 g/mol. The summed E-state index contributed by atoms with van der Waals surface area (Å²) in [4.78, 5) is 49.4. The molecule has 0 aliphatic carbocycles. The highest BCUT2D eigenvalue weighted by Crippen LogP contribution is 2.15. The minimum atomic E-state index is -0.520. The standard InChI is InChI=1S/C27H40N6O4/c1-5-14-29-24-22(19-32-26(33-24)31-18-13-20-11-16-28-17-12-20)25(36)30-15-7-9-21(34)8-6-10-23(35)37-27(2,3)4/h11-12,16-17,19H,5-10,13-15,18H2,1-4H3,(H,30,36)(H2,29,31,32,33). The number of carbonyl (C=O) groups is 3. The molecule has 2 rings (SSSR count). The van der Waals surface area contributed by atoms with E-state index in [1.54, 1.807) is 12.4 Å². The van der Waals surface area contributed by atoms with Crippen LogP contribution >= 0.6 is 0 Å². The fourth-order valence-electron chi connectivity index (χ4n) is 3.41. The summed E-state index contributed by atoms with van der Waals surface area (Å²) in [6.07, 6.45) is 8.57. The third-order valence-electron chi connectivity index (χ3n) is 5.20. The van der Waals surface area contributed by atoms with Crippen LogP contribution in [0.3, 0.4) is 0 Å². The summed E-state index contributed by atoms with van der Waals surface area (Å²) >= 11 is 0. The van der Waals surface area contributed by atoms with E-state index >= 15 is 0 Å². The number of anilines is 2. The molecule has 0 saturated carbocycles. The van der Waals surface area contributed by atoms with Gasteiger partial charge in [0.1, 0.15) is 22.8 Å². The molecule has 1 amide bonds. The number of rotatable bonds is 16. The maximum absolute atomic E-state index is 12.8. The van der Waals surface area contributed by atoms with Crippen LogP contribution in [0, 0.1) is 0 Å². The van der Waals surface area contributed by atoms with Crippen molar-refractivity contribution in [1.82, 2.24) is 20.3 Å². The molecule has 0 aliphatic rings. The van der Waals surface area contributed by atoms with E-state index in [1.165, 1.54) is 6.20 Å². The molecule has 0 unspecified atom stereocenters. The Hall–Kier alpha value is -3.56. The molecule has 0 bridgehead atoms. The number of nitrogens with zero attached hydrogens (tertiary/aromatic N) is 3. The number of ether oxygens (including phenoxy) is 1. The highest BCUT2D eigenvalue weighted by Gasteiger charge is 2.17. The largest absolute Gasteiger partial charge is 0.460 e. The zero-order chi connectivity index (χ0) is 27.1. The average Bonchev–Trinajstić information content (AvgIpc) is 2.85. The number of pyridine rings is 1. The molecule has 10 heteroatoms. The first-order valence-electron chi connectivity index (χ1n) is 12.9. The van der Waals surface area contributed by atoms with Crippen molar-refractivity contribution in [3.05, 3.63) is 41.9 Å². The Balaban J connectivity index is 1.77. The van der Waals surface area contributed by atoms with Crippen LogP contribution in [0.15, 0.2) is 30.7 Å². The number of hydrogen-bond acceptors (Lipinski definition) is 9. The van der Waals surface area contributed by atoms with Crippen LogP contribution in [0.5, 0.6) is 0 Å². The van der Waals surface area contributed by atoms with Crippen molar-refractivity contribution < 1.29 is 19.1 Å². The Kier molecular flexibility index (Phi) is 12.5. The number of Topliss-reactive ketones (excluding diaryl/α,β-unsaturated/α-hetero) is 1. The molecule has 0 atom stereocenters. The normalized spacial score (nSPS) is 11.0. The number of esters is 1. The van der Waals surface area contributed by atoms with Gasteiger partial charge in [0, 0.05) is 57.5 Å². The first-order chi connectivity index (χ1) is 17.7. The second-order valence-electron chi connectivity index (χ2n) is 9.75. The molecule has 2 aromatic rings. The lowest BCUT2D eigenvalue weighted by atomic mass is 10.1. The minimum absolute atomic E-state index is 0.0636. The molecule has 0 spiro atoms. The van der Waals surface area contributed by atoms with E-state index in [-0.39, 0.29) is 24.1 Å². The Morgan fingerprint density at radius 2 is 1.68 bits per heavy atom. The quantitative estimate of drug-likeness (QED) is 0.226. The Labute approximate surface area is 219 Å². The summed E-state index contributed by atoms with van der Waals surface area (Å²) in [7, 11) is 0. The molecule has 2 aromatic heterocycles. The van der Waals surface area contributed by atoms with E-state index in [0.29, 0.717) is 62.6 Å². The maximum atomic E-state index is 12.8. The molecule has 3 N–H and O–H groups in total. The SMILES string of the molecule is CCCNc1nc(NCCc2ccncc2)ncc1C(=O)NCCCC(=O)CCCC(=O)OC(C)(C)C. The van der Waals surface area contributed by atoms with Crippen molar-refractivity contribution >= 4 is 29.4 Å². The molecule has 202 valence electrons. The van der Waals surface area contributed by atoms with Crippen molar-refractivity contribution in [2.24, 2.45) is 0 Å². The van der Waals surface area contributed by atoms with Gasteiger partial charge in [0.15, 0.2) is 0 Å². The van der Waals surface area contributed by atoms with Gasteiger partial charge < -0.3 is 20.7 Å². The zero-order valence-corrected chi connectivity index (χ0v) is 22.4. The number of amides is 1. The smallest absolute Gasteiger partial charge is 0.306 e. The van der Waals surface area contributed by atoms with Gasteiger partial charge in [0.2, 0.25) is 5.95 Å². The van der Waals surface area contributed by atoms with Gasteiger partial charge >= 0.3 is 5.97 Å². The van der Waals surface area contributed by atoms with Gasteiger partial charge in [-0.1, -0.05) is 6.92 Å². The van der Waals surface area contributed by atoms with Crippen LogP contribution in [-0.2, 0) is 20.7 Å². The first-order valence-corrected chi connectivity index (χ1v) is 12.9. The Bertz CT molecular complexity index is 1010. The summed E-state index contributed by atoms with van der Waals surface area (Å²) in [5.41, 5.74) is 0.995. The fourth-order valence-corrected chi connectivity index (χ4v) is 3.41. The molecule has 0 fully saturated rings. The summed E-state index contributed by atoms with van der Waals surface area (Å²) in [6, 6.07) is 3.92. The molecule has 0 saturated heterocycles. The zero-order valence-electron chi connectivity index (χ0n) is 22.4. The molecule has 0 aromatic carbocycles. The van der Waals surface area contributed by atoms with Gasteiger partial charge in [0.25, 0.3) is 5.91 Å². The number of hydrogen-bond donors (Lipinski definition) is 3. The summed E-state index contributed by atoms with van der Waals surface area (Å²) in [6.45, 7) is 9.16. The van der Waals surface area contributed by atoms with Gasteiger partial charge in [-0.15, -0.1) is 0 Å². The van der Waals surface area contributed by atoms with Gasteiger partial charge in [-0.25, -0.2) is 4.98 Å². The molecule has 37 heavy (non-hydrogen) atoms. The van der Waals surface area contributed by atoms with Crippen LogP contribution in [-0.4, -0.2) is 57.8 Å². The number of ketones is 1. The lowest BCUT2D eigenvalue weighted by Gasteiger charge is -2.19. The molecule has 0 aliphatic heterocycles. The minimum Gasteiger partial charge on any atom is -0.460 e. The van der Waals surface area contributed by atoms with Crippen molar-refractivity contribution in [1.29, 1.82) is 0 Å². The van der Waals surface area contributed by atoms with Crippen molar-refractivity contribution in [2.75, 3.05) is 30.3 Å². The summed E-state index contributed by atoms with van der Waals surface area (Å²) < 4.78 is 5.25. The highest BCUT2D eigenvalue weighted by molar-refractivity contribution is 5.98. The predicted molar refractivity (Wildman–Crippen MR) is 144 cm³/mol. The molecule has 10 nitrogen and oxygen atoms in total. The number of aromatic nitrogens is 3. The Morgan fingerprint density at radius 3 is 2.38 bits per heavy atom. The summed E-state index contributed by atoms with van der Waals surface area (Å²) in [5.74, 6) is 0.394. The lowest BCUT2D eigenvalue weighted by Crippen LogP contribution is -2.27. The van der Waals surface area contributed by atoms with E-state index < -0.39 is 5.60 Å². The van der Waals surface area contributed by atoms with E-state index in [4.69, 9.17) is 4.74 Å². The number of carbonyl (C=O) groups excluding carboxylic acids is 3. The molecule has 0 radical (unpaired) electrons. The van der Waals surface area contributed by atoms with Gasteiger partial charge in [-0.2, -0.15) is 4.98 Å². The predicted octanol–water partition coefficient (Wildman–Crippen LogP) is 3.94. The molecular formula is C27H40N6O4. The molecule has 2 heterocycles. The third kappa shape index (κ3) is 12.3. The monoisotopic (exact) mass is 512 g/mol. The van der Waals surface area contributed by atoms with Crippen LogP contribution < -0.4 is 16.0 Å². The lowest BCUT2D eigenvalue weighted by molar-refractivity contribution is -0.154. The van der Waals surface area contributed by atoms with Crippen molar-refractivity contribution in [2.45, 2.75) is 78.2 Å². The Morgan fingerprint density at radius 1 is 0.946 bits per heavy atom. The fraction of sp³-hybridized carbons (Fsp3) is 0.556. The second kappa shape index (κ2) is 15.5. The van der Waals surface area contributed by atoms with Gasteiger partial charge in [-0.05, 0) is 64.2 Å². The van der Waals surface area contributed by atoms with Crippen LogP contribution in [0.1, 0.15) is 82.1 Å². The third-order valence-corrected chi connectivity index (χ3v) is 5.20. The van der Waals surface area contributed by atoms with Crippen LogP contribution in [0.4, 0.5) is 11.8 Å². The van der Waals surface area contributed by atoms with Crippen LogP contribution in [0.25, 0.3) is 0 Å². The van der Waals surface area contributed by atoms with Crippen LogP contribution in [0.2, 0.25) is 0 Å². The van der Waals surface area contributed by atoms with Gasteiger partial charge in [-0.3, -0.25) is 19.4 Å². The highest BCUT2D eigenvalue weighted by atomic mass is 16.6. The first kappa shape index (κ1) is 29.7. The molecular weight excluding hydrogens is 472 g/mol. The van der Waals surface area contributed by atoms with Crippen molar-refractivity contribution in [3.63, 3.8) is 0 Å². The summed E-state index contributed by atoms with van der Waals surface area (Å²) in [5, 5.41) is 9.23. The second-order valence-corrected chi connectivity index (χ2v) is 9.75. The van der Waals surface area contributed by atoms with E-state index in [0.717, 1.165) is 18.4 Å². The maximum Gasteiger partial charge on any atom is 0.306 e. The number of nitrogens with one attached hydrogen (secondary N) is 3. The van der Waals surface area contributed by atoms with Crippen molar-refractivity contribution in [3.8, 4) is 0 Å². The van der Waals surface area contributed by atoms with Gasteiger partial charge in [0.05, 0.1) is 0 Å². The van der Waals surface area contributed by atoms with E-state index in [1.807, 2.05) is 39.8 Å². The van der Waals surface area contributed by atoms with E-state index in [9.17, 15) is 14.4 Å². The topological polar surface area (TPSA) is 135 Å².